The van der Waals surface area contributed by atoms with Crippen LogP contribution in [0, 0.1) is 0 Å². The summed E-state index contributed by atoms with van der Waals surface area (Å²) >= 11 is 3.52. The Labute approximate surface area is 213 Å². The number of fused-ring (bicyclic) bond motifs is 1. The molecule has 5 rings (SSSR count). The van der Waals surface area contributed by atoms with Gasteiger partial charge in [-0.15, -0.1) is 0 Å². The van der Waals surface area contributed by atoms with Gasteiger partial charge in [-0.3, -0.25) is 9.88 Å². The first-order chi connectivity index (χ1) is 17.1. The average Bonchev–Trinajstić information content (AvgIpc) is 3.31. The molecule has 176 valence electrons. The Morgan fingerprint density at radius 3 is 2.43 bits per heavy atom. The van der Waals surface area contributed by atoms with Crippen LogP contribution in [0.15, 0.2) is 95.7 Å². The second kappa shape index (κ2) is 10.8. The summed E-state index contributed by atoms with van der Waals surface area (Å²) in [6.45, 7) is 2.93. The van der Waals surface area contributed by atoms with Gasteiger partial charge < -0.3 is 5.73 Å². The van der Waals surface area contributed by atoms with Crippen molar-refractivity contribution in [3.63, 3.8) is 0 Å². The smallest absolute Gasteiger partial charge is 0.164 e. The molecule has 5 aromatic rings. The fraction of sp³-hybridized carbons (Fsp3) is 0.179. The number of nitrogens with zero attached hydrogens (tertiary/aromatic N) is 5. The van der Waals surface area contributed by atoms with E-state index in [4.69, 9.17) is 15.8 Å². The predicted molar refractivity (Wildman–Crippen MR) is 144 cm³/mol. The van der Waals surface area contributed by atoms with Gasteiger partial charge in [0.1, 0.15) is 6.33 Å². The molecule has 35 heavy (non-hydrogen) atoms. The molecule has 0 saturated carbocycles. The van der Waals surface area contributed by atoms with Gasteiger partial charge in [-0.25, -0.2) is 9.67 Å². The van der Waals surface area contributed by atoms with E-state index in [1.165, 1.54) is 5.56 Å². The van der Waals surface area contributed by atoms with Crippen LogP contribution < -0.4 is 5.73 Å². The lowest BCUT2D eigenvalue weighted by Crippen LogP contribution is -2.26. The van der Waals surface area contributed by atoms with Crippen molar-refractivity contribution in [2.75, 3.05) is 12.3 Å². The lowest BCUT2D eigenvalue weighted by molar-refractivity contribution is 0.250. The van der Waals surface area contributed by atoms with Crippen molar-refractivity contribution < 1.29 is 0 Å². The van der Waals surface area contributed by atoms with E-state index >= 15 is 0 Å². The Bertz CT molecular complexity index is 1400. The zero-order valence-electron chi connectivity index (χ0n) is 19.4. The minimum absolute atomic E-state index is 0.653. The molecule has 0 amide bonds. The summed E-state index contributed by atoms with van der Waals surface area (Å²) in [6, 6.07) is 28.8. The van der Waals surface area contributed by atoms with Crippen LogP contribution in [0.1, 0.15) is 22.6 Å². The highest BCUT2D eigenvalue weighted by Gasteiger charge is 2.12. The van der Waals surface area contributed by atoms with E-state index in [-0.39, 0.29) is 0 Å². The van der Waals surface area contributed by atoms with E-state index in [9.17, 15) is 0 Å². The number of nitrogens with two attached hydrogens (primary N) is 1. The number of halogens is 1. The van der Waals surface area contributed by atoms with Crippen molar-refractivity contribution in [2.45, 2.75) is 26.1 Å². The molecule has 0 atom stereocenters. The standard InChI is InChI=1S/C28H27BrN6/c29-24-10-5-21(6-11-24)15-16-34(18-26-14-9-23-3-1-2-4-27(23)32-26)19-28-31-20-35(33-28)17-22-7-12-25(30)13-8-22/h1-14,20H,15-19,30H2. The van der Waals surface area contributed by atoms with Gasteiger partial charge in [0.15, 0.2) is 5.82 Å². The first kappa shape index (κ1) is 23.2. The fourth-order valence-corrected chi connectivity index (χ4v) is 4.33. The Balaban J connectivity index is 1.31. The summed E-state index contributed by atoms with van der Waals surface area (Å²) in [6.07, 6.45) is 2.74. The van der Waals surface area contributed by atoms with Crippen molar-refractivity contribution in [1.29, 1.82) is 0 Å². The van der Waals surface area contributed by atoms with Gasteiger partial charge in [0.05, 0.1) is 24.3 Å². The minimum Gasteiger partial charge on any atom is -0.399 e. The fourth-order valence-electron chi connectivity index (χ4n) is 4.07. The Morgan fingerprint density at radius 2 is 1.60 bits per heavy atom. The maximum absolute atomic E-state index is 5.80. The van der Waals surface area contributed by atoms with E-state index in [2.05, 4.69) is 74.3 Å². The monoisotopic (exact) mass is 526 g/mol. The Kier molecular flexibility index (Phi) is 7.16. The van der Waals surface area contributed by atoms with E-state index in [0.29, 0.717) is 13.1 Å². The maximum atomic E-state index is 5.80. The van der Waals surface area contributed by atoms with Crippen LogP contribution >= 0.6 is 15.9 Å². The van der Waals surface area contributed by atoms with Gasteiger partial charge in [0.25, 0.3) is 0 Å². The van der Waals surface area contributed by atoms with E-state index in [1.807, 2.05) is 41.1 Å². The topological polar surface area (TPSA) is 72.9 Å². The third kappa shape index (κ3) is 6.32. The first-order valence-electron chi connectivity index (χ1n) is 11.6. The highest BCUT2D eigenvalue weighted by atomic mass is 79.9. The number of pyridine rings is 1. The molecule has 3 aromatic carbocycles. The number of rotatable bonds is 9. The van der Waals surface area contributed by atoms with Crippen molar-refractivity contribution in [2.24, 2.45) is 0 Å². The van der Waals surface area contributed by atoms with Crippen LogP contribution in [0.3, 0.4) is 0 Å². The molecular formula is C28H27BrN6. The summed E-state index contributed by atoms with van der Waals surface area (Å²) in [5.74, 6) is 0.803. The maximum Gasteiger partial charge on any atom is 0.164 e. The molecule has 0 spiro atoms. The number of benzene rings is 3. The quantitative estimate of drug-likeness (QED) is 0.258. The van der Waals surface area contributed by atoms with E-state index < -0.39 is 0 Å². The van der Waals surface area contributed by atoms with Crippen LogP contribution in [0.4, 0.5) is 5.69 Å². The van der Waals surface area contributed by atoms with Crippen molar-refractivity contribution in [3.8, 4) is 0 Å². The molecule has 0 saturated heterocycles. The third-order valence-corrected chi connectivity index (χ3v) is 6.47. The molecule has 0 aliphatic carbocycles. The zero-order valence-corrected chi connectivity index (χ0v) is 21.0. The lowest BCUT2D eigenvalue weighted by Gasteiger charge is -2.21. The Morgan fingerprint density at radius 1 is 0.829 bits per heavy atom. The molecule has 7 heteroatoms. The van der Waals surface area contributed by atoms with Gasteiger partial charge in [0.2, 0.25) is 0 Å². The molecule has 0 bridgehead atoms. The van der Waals surface area contributed by atoms with Crippen LogP contribution in [0.25, 0.3) is 10.9 Å². The average molecular weight is 527 g/mol. The largest absolute Gasteiger partial charge is 0.399 e. The van der Waals surface area contributed by atoms with Crippen LogP contribution in [-0.4, -0.2) is 31.2 Å². The summed E-state index contributed by atoms with van der Waals surface area (Å²) in [4.78, 5) is 11.8. The number of hydrogen-bond donors (Lipinski definition) is 1. The highest BCUT2D eigenvalue weighted by molar-refractivity contribution is 9.10. The number of hydrogen-bond acceptors (Lipinski definition) is 5. The van der Waals surface area contributed by atoms with Crippen LogP contribution in [-0.2, 0) is 26.1 Å². The van der Waals surface area contributed by atoms with Crippen molar-refractivity contribution >= 4 is 32.5 Å². The molecule has 0 fully saturated rings. The molecule has 2 aromatic heterocycles. The zero-order chi connectivity index (χ0) is 24.0. The lowest BCUT2D eigenvalue weighted by atomic mass is 10.1. The molecular weight excluding hydrogens is 500 g/mol. The third-order valence-electron chi connectivity index (χ3n) is 5.94. The molecule has 0 unspecified atom stereocenters. The summed E-state index contributed by atoms with van der Waals surface area (Å²) in [7, 11) is 0. The highest BCUT2D eigenvalue weighted by Crippen LogP contribution is 2.16. The van der Waals surface area contributed by atoms with E-state index in [0.717, 1.165) is 57.7 Å². The summed E-state index contributed by atoms with van der Waals surface area (Å²) in [5, 5.41) is 5.89. The van der Waals surface area contributed by atoms with Crippen molar-refractivity contribution in [1.82, 2.24) is 24.6 Å². The van der Waals surface area contributed by atoms with Crippen LogP contribution in [0.2, 0.25) is 0 Å². The normalized spacial score (nSPS) is 11.4. The summed E-state index contributed by atoms with van der Waals surface area (Å²) in [5.41, 5.74) is 11.1. The van der Waals surface area contributed by atoms with E-state index in [1.54, 1.807) is 6.33 Å². The second-order valence-electron chi connectivity index (χ2n) is 8.68. The second-order valence-corrected chi connectivity index (χ2v) is 9.60. The molecule has 0 aliphatic rings. The van der Waals surface area contributed by atoms with Gasteiger partial charge in [-0.1, -0.05) is 64.5 Å². The molecule has 6 nitrogen and oxygen atoms in total. The minimum atomic E-state index is 0.653. The van der Waals surface area contributed by atoms with Crippen molar-refractivity contribution in [3.05, 3.63) is 118 Å². The number of para-hydroxylation sites is 1. The van der Waals surface area contributed by atoms with Gasteiger partial charge >= 0.3 is 0 Å². The number of nitrogen functional groups attached to an aromatic ring is 1. The SMILES string of the molecule is Nc1ccc(Cn2cnc(CN(CCc3ccc(Br)cc3)Cc3ccc4ccccc4n3)n2)cc1. The van der Waals surface area contributed by atoms with Gasteiger partial charge in [-0.05, 0) is 53.9 Å². The van der Waals surface area contributed by atoms with Crippen LogP contribution in [0.5, 0.6) is 0 Å². The predicted octanol–water partition coefficient (Wildman–Crippen LogP) is 5.46. The number of anilines is 1. The Hall–Kier alpha value is -3.55. The molecule has 0 aliphatic heterocycles. The molecule has 2 N–H and O–H groups in total. The first-order valence-corrected chi connectivity index (χ1v) is 12.4. The summed E-state index contributed by atoms with van der Waals surface area (Å²) < 4.78 is 2.97. The molecule has 2 heterocycles. The molecule has 0 radical (unpaired) electrons. The van der Waals surface area contributed by atoms with Gasteiger partial charge in [0, 0.05) is 28.6 Å². The number of aromatic nitrogens is 4. The van der Waals surface area contributed by atoms with Gasteiger partial charge in [-0.2, -0.15) is 5.10 Å².